The number of imidazole rings is 1. The average molecular weight is 327 g/mol. The van der Waals surface area contributed by atoms with E-state index in [4.69, 9.17) is 15.7 Å². The molecular formula is C15H10B2F3N3O. The van der Waals surface area contributed by atoms with Crippen LogP contribution in [-0.4, -0.2) is 35.7 Å². The topological polar surface area (TPSA) is 39.4 Å². The van der Waals surface area contributed by atoms with Gasteiger partial charge in [0.05, 0.1) is 11.2 Å². The van der Waals surface area contributed by atoms with Gasteiger partial charge in [-0.3, -0.25) is 4.40 Å². The first-order valence-corrected chi connectivity index (χ1v) is 6.90. The largest absolute Gasteiger partial charge is 0.476 e. The Morgan fingerprint density at radius 2 is 1.67 bits per heavy atom. The minimum absolute atomic E-state index is 0.123. The van der Waals surface area contributed by atoms with Crippen LogP contribution in [0.2, 0.25) is 0 Å². The monoisotopic (exact) mass is 327 g/mol. The molecule has 2 aromatic heterocycles. The molecule has 0 saturated carbocycles. The number of nitrogens with zero attached hydrogens (tertiary/aromatic N) is 3. The normalized spacial score (nSPS) is 12.5. The van der Waals surface area contributed by atoms with Crippen molar-refractivity contribution in [2.24, 2.45) is 0 Å². The van der Waals surface area contributed by atoms with E-state index in [0.717, 1.165) is 6.92 Å². The quantitative estimate of drug-likeness (QED) is 0.692. The lowest BCUT2D eigenvalue weighted by molar-refractivity contribution is 0.0148. The van der Waals surface area contributed by atoms with Crippen molar-refractivity contribution in [3.63, 3.8) is 0 Å². The van der Waals surface area contributed by atoms with Crippen LogP contribution in [0.5, 0.6) is 5.75 Å². The summed E-state index contributed by atoms with van der Waals surface area (Å²) >= 11 is 0. The molecule has 3 aromatic rings. The Kier molecular flexibility index (Phi) is 3.81. The average Bonchev–Trinajstić information content (AvgIpc) is 2.89. The fraction of sp³-hybridized carbons (Fsp3) is 0.200. The van der Waals surface area contributed by atoms with E-state index in [0.29, 0.717) is 11.3 Å². The second-order valence-corrected chi connectivity index (χ2v) is 5.37. The molecular weight excluding hydrogens is 317 g/mol. The number of hydrogen-bond acceptors (Lipinski definition) is 3. The van der Waals surface area contributed by atoms with Gasteiger partial charge in [-0.1, -0.05) is 0 Å². The molecule has 0 fully saturated rings. The molecule has 0 amide bonds. The summed E-state index contributed by atoms with van der Waals surface area (Å²) in [5, 5.41) is 0. The first kappa shape index (κ1) is 16.4. The number of benzene rings is 1. The number of halogens is 3. The number of rotatable bonds is 4. The number of hydrogen-bond donors (Lipinski definition) is 0. The molecule has 0 aliphatic rings. The van der Waals surface area contributed by atoms with E-state index < -0.39 is 11.6 Å². The summed E-state index contributed by atoms with van der Waals surface area (Å²) in [6.07, 6.45) is 2.67. The van der Waals surface area contributed by atoms with E-state index in [1.807, 2.05) is 0 Å². The standard InChI is InChI=1S/C15H10B2F3N3O/c1-14(18,19)13-12-6-11(21-7-23(12)8-22-13)9-2-4-10(5-3-9)24-15(16,17)20/h2-8H,1H3. The highest BCUT2D eigenvalue weighted by atomic mass is 19.3. The highest BCUT2D eigenvalue weighted by molar-refractivity contribution is 6.37. The maximum absolute atomic E-state index is 13.6. The van der Waals surface area contributed by atoms with E-state index >= 15 is 0 Å². The van der Waals surface area contributed by atoms with Gasteiger partial charge in [0, 0.05) is 12.5 Å². The fourth-order valence-corrected chi connectivity index (χ4v) is 2.27. The maximum atomic E-state index is 13.6. The molecule has 9 heteroatoms. The lowest BCUT2D eigenvalue weighted by Gasteiger charge is -2.18. The van der Waals surface area contributed by atoms with Crippen molar-refractivity contribution in [1.29, 1.82) is 0 Å². The molecule has 0 spiro atoms. The molecule has 4 radical (unpaired) electrons. The summed E-state index contributed by atoms with van der Waals surface area (Å²) in [4.78, 5) is 7.93. The third-order valence-electron chi connectivity index (χ3n) is 3.27. The predicted molar refractivity (Wildman–Crippen MR) is 84.0 cm³/mol. The third-order valence-corrected chi connectivity index (χ3v) is 3.27. The summed E-state index contributed by atoms with van der Waals surface area (Å²) in [5.41, 5.74) is -1.79. The second kappa shape index (κ2) is 5.58. The van der Waals surface area contributed by atoms with Gasteiger partial charge in [0.25, 0.3) is 5.92 Å². The highest BCUT2D eigenvalue weighted by Gasteiger charge is 2.29. The van der Waals surface area contributed by atoms with Crippen LogP contribution in [0.15, 0.2) is 43.0 Å². The fourth-order valence-electron chi connectivity index (χ4n) is 2.27. The van der Waals surface area contributed by atoms with Crippen LogP contribution in [0.4, 0.5) is 13.2 Å². The van der Waals surface area contributed by atoms with Gasteiger partial charge in [0.1, 0.15) is 24.1 Å². The van der Waals surface area contributed by atoms with Crippen molar-refractivity contribution < 1.29 is 17.9 Å². The van der Waals surface area contributed by atoms with Crippen LogP contribution in [0.3, 0.4) is 0 Å². The van der Waals surface area contributed by atoms with Crippen molar-refractivity contribution >= 4 is 21.2 Å². The van der Waals surface area contributed by atoms with Gasteiger partial charge in [0.15, 0.2) is 21.3 Å². The van der Waals surface area contributed by atoms with Crippen LogP contribution >= 0.6 is 0 Å². The SMILES string of the molecule is [B]C([B])(F)Oc1ccc(-c2cc3c(C(C)(F)F)ncn3cn2)cc1. The summed E-state index contributed by atoms with van der Waals surface area (Å²) in [5.74, 6) is -2.95. The van der Waals surface area contributed by atoms with Crippen molar-refractivity contribution in [2.45, 2.75) is 18.5 Å². The molecule has 3 rings (SSSR count). The van der Waals surface area contributed by atoms with Gasteiger partial charge in [-0.2, -0.15) is 8.78 Å². The van der Waals surface area contributed by atoms with Crippen LogP contribution in [0.25, 0.3) is 16.8 Å². The Bertz CT molecular complexity index is 870. The Labute approximate surface area is 138 Å². The van der Waals surface area contributed by atoms with E-state index in [2.05, 4.69) is 14.7 Å². The third kappa shape index (κ3) is 3.39. The van der Waals surface area contributed by atoms with Gasteiger partial charge >= 0.3 is 0 Å². The van der Waals surface area contributed by atoms with E-state index in [9.17, 15) is 13.2 Å². The maximum Gasteiger partial charge on any atom is 0.289 e. The van der Waals surface area contributed by atoms with Gasteiger partial charge in [-0.05, 0) is 30.3 Å². The summed E-state index contributed by atoms with van der Waals surface area (Å²) < 4.78 is 46.3. The lowest BCUT2D eigenvalue weighted by atomic mass is 9.78. The van der Waals surface area contributed by atoms with E-state index in [-0.39, 0.29) is 17.0 Å². The molecule has 0 saturated heterocycles. The van der Waals surface area contributed by atoms with E-state index in [1.54, 1.807) is 12.1 Å². The summed E-state index contributed by atoms with van der Waals surface area (Å²) in [7, 11) is 9.84. The number of alkyl halides is 3. The first-order chi connectivity index (χ1) is 11.1. The number of fused-ring (bicyclic) bond motifs is 1. The molecule has 0 aliphatic heterocycles. The minimum atomic E-state index is -3.07. The molecule has 24 heavy (non-hydrogen) atoms. The predicted octanol–water partition coefficient (Wildman–Crippen LogP) is 2.80. The lowest BCUT2D eigenvalue weighted by Crippen LogP contribution is -2.31. The minimum Gasteiger partial charge on any atom is -0.476 e. The van der Waals surface area contributed by atoms with Gasteiger partial charge < -0.3 is 4.74 Å². The zero-order valence-corrected chi connectivity index (χ0v) is 12.6. The van der Waals surface area contributed by atoms with Crippen LogP contribution < -0.4 is 4.74 Å². The zero-order valence-electron chi connectivity index (χ0n) is 12.6. The summed E-state index contributed by atoms with van der Waals surface area (Å²) in [6.45, 7) is 0.782. The van der Waals surface area contributed by atoms with Crippen LogP contribution in [0.1, 0.15) is 12.6 Å². The number of ether oxygens (including phenoxy) is 1. The molecule has 2 heterocycles. The Balaban J connectivity index is 1.97. The molecule has 0 aliphatic carbocycles. The molecule has 1 aromatic carbocycles. The Hall–Kier alpha value is -2.44. The van der Waals surface area contributed by atoms with Crippen LogP contribution in [0, 0.1) is 0 Å². The number of aromatic nitrogens is 3. The van der Waals surface area contributed by atoms with Crippen molar-refractivity contribution in [1.82, 2.24) is 14.4 Å². The smallest absolute Gasteiger partial charge is 0.289 e. The Morgan fingerprint density at radius 1 is 1.04 bits per heavy atom. The van der Waals surface area contributed by atoms with Crippen molar-refractivity contribution in [3.05, 3.63) is 48.7 Å². The van der Waals surface area contributed by atoms with Crippen LogP contribution in [-0.2, 0) is 5.92 Å². The molecule has 0 bridgehead atoms. The molecule has 118 valence electrons. The molecule has 0 atom stereocenters. The van der Waals surface area contributed by atoms with Gasteiger partial charge in [-0.25, -0.2) is 14.4 Å². The van der Waals surface area contributed by atoms with Crippen molar-refractivity contribution in [2.75, 3.05) is 0 Å². The second-order valence-electron chi connectivity index (χ2n) is 5.37. The molecule has 0 unspecified atom stereocenters. The van der Waals surface area contributed by atoms with Crippen molar-refractivity contribution in [3.8, 4) is 17.0 Å². The van der Waals surface area contributed by atoms with Gasteiger partial charge in [-0.15, -0.1) is 0 Å². The van der Waals surface area contributed by atoms with E-state index in [1.165, 1.54) is 35.3 Å². The summed E-state index contributed by atoms with van der Waals surface area (Å²) in [6, 6.07) is 7.56. The Morgan fingerprint density at radius 3 is 2.25 bits per heavy atom. The molecule has 0 N–H and O–H groups in total. The highest BCUT2D eigenvalue weighted by Crippen LogP contribution is 2.31. The zero-order chi connectivity index (χ0) is 17.5. The van der Waals surface area contributed by atoms with Gasteiger partial charge in [0.2, 0.25) is 0 Å². The molecule has 4 nitrogen and oxygen atoms in total. The first-order valence-electron chi connectivity index (χ1n) is 6.90.